The number of nitrogens with one attached hydrogen (secondary N) is 2. The van der Waals surface area contributed by atoms with Crippen LogP contribution >= 0.6 is 15.9 Å². The van der Waals surface area contributed by atoms with Gasteiger partial charge in [0.15, 0.2) is 0 Å². The number of carbonyl (C=O) groups excluding carboxylic acids is 1. The number of halogens is 1. The molecular weight excluding hydrogens is 470 g/mol. The number of nitrogens with zero attached hydrogens (tertiary/aromatic N) is 3. The minimum atomic E-state index is -0.266. The molecule has 0 aliphatic carbocycles. The topological polar surface area (TPSA) is 90.3 Å². The van der Waals surface area contributed by atoms with Crippen LogP contribution in [-0.2, 0) is 4.79 Å². The van der Waals surface area contributed by atoms with E-state index in [9.17, 15) is 10.1 Å². The quantitative estimate of drug-likeness (QED) is 0.425. The van der Waals surface area contributed by atoms with Crippen LogP contribution in [0.1, 0.15) is 12.5 Å². The number of benzene rings is 2. The monoisotopic (exact) mass is 493 g/mol. The fourth-order valence-electron chi connectivity index (χ4n) is 3.07. The van der Waals surface area contributed by atoms with Crippen LogP contribution in [-0.4, -0.2) is 43.0 Å². The number of anilines is 3. The highest BCUT2D eigenvalue weighted by atomic mass is 79.9. The Hall–Kier alpha value is -3.41. The van der Waals surface area contributed by atoms with Crippen molar-refractivity contribution in [1.82, 2.24) is 9.88 Å². The summed E-state index contributed by atoms with van der Waals surface area (Å²) in [6.45, 7) is 2.96. The number of likely N-dealkylation sites (N-methyl/N-ethyl adjacent to an activating group) is 1. The van der Waals surface area contributed by atoms with Gasteiger partial charge < -0.3 is 20.3 Å². The van der Waals surface area contributed by atoms with Gasteiger partial charge in [0.05, 0.1) is 29.1 Å². The number of fused-ring (bicyclic) bond motifs is 1. The van der Waals surface area contributed by atoms with E-state index in [-0.39, 0.29) is 5.91 Å². The van der Waals surface area contributed by atoms with E-state index in [2.05, 4.69) is 37.6 Å². The molecular formula is C24H24BrN5O2. The molecule has 1 amide bonds. The molecule has 0 atom stereocenters. The number of hydrogen-bond acceptors (Lipinski definition) is 6. The maximum absolute atomic E-state index is 12.5. The molecule has 3 rings (SSSR count). The zero-order chi connectivity index (χ0) is 23.1. The van der Waals surface area contributed by atoms with Crippen LogP contribution in [0.3, 0.4) is 0 Å². The summed E-state index contributed by atoms with van der Waals surface area (Å²) in [7, 11) is 3.86. The first-order valence-electron chi connectivity index (χ1n) is 10.1. The lowest BCUT2D eigenvalue weighted by Gasteiger charge is -2.16. The van der Waals surface area contributed by atoms with Gasteiger partial charge in [-0.1, -0.05) is 28.1 Å². The summed E-state index contributed by atoms with van der Waals surface area (Å²) in [4.78, 5) is 18.8. The van der Waals surface area contributed by atoms with Crippen molar-refractivity contribution in [3.63, 3.8) is 0 Å². The molecule has 0 radical (unpaired) electrons. The second-order valence-electron chi connectivity index (χ2n) is 7.25. The number of aromatic nitrogens is 1. The van der Waals surface area contributed by atoms with Crippen molar-refractivity contribution in [2.45, 2.75) is 6.92 Å². The van der Waals surface area contributed by atoms with Crippen molar-refractivity contribution in [3.8, 4) is 11.8 Å². The van der Waals surface area contributed by atoms with Crippen molar-refractivity contribution in [3.05, 3.63) is 64.8 Å². The Bertz CT molecular complexity index is 1200. The highest BCUT2D eigenvalue weighted by Gasteiger charge is 2.15. The molecule has 0 spiro atoms. The van der Waals surface area contributed by atoms with Crippen LogP contribution in [0, 0.1) is 11.3 Å². The number of hydrogen-bond donors (Lipinski definition) is 2. The highest BCUT2D eigenvalue weighted by Crippen LogP contribution is 2.36. The summed E-state index contributed by atoms with van der Waals surface area (Å²) >= 11 is 3.46. The lowest BCUT2D eigenvalue weighted by Crippen LogP contribution is -2.13. The molecule has 0 aliphatic rings. The average Bonchev–Trinajstić information content (AvgIpc) is 2.74. The Kier molecular flexibility index (Phi) is 7.82. The largest absolute Gasteiger partial charge is 0.492 e. The van der Waals surface area contributed by atoms with Gasteiger partial charge in [-0.25, -0.2) is 0 Å². The summed E-state index contributed by atoms with van der Waals surface area (Å²) in [6.07, 6.45) is 4.80. The Labute approximate surface area is 195 Å². The molecule has 2 N–H and O–H groups in total. The predicted octanol–water partition coefficient (Wildman–Crippen LogP) is 5.07. The lowest BCUT2D eigenvalue weighted by molar-refractivity contribution is -0.111. The molecule has 32 heavy (non-hydrogen) atoms. The number of ether oxygens (including phenoxy) is 1. The van der Waals surface area contributed by atoms with E-state index in [4.69, 9.17) is 4.74 Å². The molecule has 1 heterocycles. The smallest absolute Gasteiger partial charge is 0.248 e. The molecule has 164 valence electrons. The van der Waals surface area contributed by atoms with E-state index in [0.29, 0.717) is 46.7 Å². The zero-order valence-electron chi connectivity index (χ0n) is 18.1. The van der Waals surface area contributed by atoms with Crippen LogP contribution < -0.4 is 15.4 Å². The van der Waals surface area contributed by atoms with E-state index in [0.717, 1.165) is 10.2 Å². The molecule has 0 unspecified atom stereocenters. The summed E-state index contributed by atoms with van der Waals surface area (Å²) < 4.78 is 6.65. The molecule has 0 saturated carbocycles. The second kappa shape index (κ2) is 10.8. The van der Waals surface area contributed by atoms with Gasteiger partial charge in [-0.2, -0.15) is 5.26 Å². The van der Waals surface area contributed by atoms with Crippen LogP contribution in [0.5, 0.6) is 5.75 Å². The Balaban J connectivity index is 2.06. The van der Waals surface area contributed by atoms with Gasteiger partial charge in [-0.05, 0) is 45.3 Å². The van der Waals surface area contributed by atoms with Crippen molar-refractivity contribution >= 4 is 49.8 Å². The van der Waals surface area contributed by atoms with E-state index < -0.39 is 0 Å². The number of pyridine rings is 1. The van der Waals surface area contributed by atoms with Crippen LogP contribution in [0.25, 0.3) is 10.9 Å². The molecule has 1 aromatic heterocycles. The average molecular weight is 494 g/mol. The van der Waals surface area contributed by atoms with Gasteiger partial charge in [0.2, 0.25) is 5.91 Å². The standard InChI is InChI=1S/C24H24BrN5O2/c1-4-32-22-13-20-19(12-21(22)29-23(31)9-6-10-30(2)3)24(16(14-26)15-27-20)28-18-8-5-7-17(25)11-18/h5-9,11-13,15H,4,10H2,1-3H3,(H,27,28)(H,29,31). The first-order chi connectivity index (χ1) is 15.4. The molecule has 2 aromatic carbocycles. The summed E-state index contributed by atoms with van der Waals surface area (Å²) in [6, 6.07) is 13.4. The van der Waals surface area contributed by atoms with Crippen molar-refractivity contribution in [2.75, 3.05) is 37.9 Å². The summed E-state index contributed by atoms with van der Waals surface area (Å²) in [5.41, 5.74) is 2.97. The maximum atomic E-state index is 12.5. The molecule has 7 nitrogen and oxygen atoms in total. The van der Waals surface area contributed by atoms with Crippen LogP contribution in [0.15, 0.2) is 59.2 Å². The fourth-order valence-corrected chi connectivity index (χ4v) is 3.47. The molecule has 0 saturated heterocycles. The SMILES string of the molecule is CCOc1cc2ncc(C#N)c(Nc3cccc(Br)c3)c2cc1NC(=O)C=CCN(C)C. The van der Waals surface area contributed by atoms with Gasteiger partial charge in [0, 0.05) is 40.4 Å². The van der Waals surface area contributed by atoms with Gasteiger partial charge in [-0.3, -0.25) is 9.78 Å². The first-order valence-corrected chi connectivity index (χ1v) is 10.8. The van der Waals surface area contributed by atoms with E-state index in [1.807, 2.05) is 50.2 Å². The van der Waals surface area contributed by atoms with Crippen molar-refractivity contribution in [2.24, 2.45) is 0 Å². The molecule has 0 aliphatic heterocycles. The number of rotatable bonds is 8. The molecule has 8 heteroatoms. The van der Waals surface area contributed by atoms with Crippen LogP contribution in [0.4, 0.5) is 17.1 Å². The number of amides is 1. The molecule has 3 aromatic rings. The Morgan fingerprint density at radius 1 is 1.31 bits per heavy atom. The Morgan fingerprint density at radius 3 is 2.81 bits per heavy atom. The van der Waals surface area contributed by atoms with E-state index in [1.165, 1.54) is 12.3 Å². The first kappa shape index (κ1) is 23.3. The molecule has 0 bridgehead atoms. The van der Waals surface area contributed by atoms with Gasteiger partial charge >= 0.3 is 0 Å². The number of carbonyl (C=O) groups is 1. The lowest BCUT2D eigenvalue weighted by atomic mass is 10.1. The number of nitriles is 1. The van der Waals surface area contributed by atoms with Crippen LogP contribution in [0.2, 0.25) is 0 Å². The predicted molar refractivity (Wildman–Crippen MR) is 131 cm³/mol. The normalized spacial score (nSPS) is 11.0. The third kappa shape index (κ3) is 5.84. The maximum Gasteiger partial charge on any atom is 0.248 e. The zero-order valence-corrected chi connectivity index (χ0v) is 19.7. The van der Waals surface area contributed by atoms with Crippen molar-refractivity contribution < 1.29 is 9.53 Å². The van der Waals surface area contributed by atoms with E-state index >= 15 is 0 Å². The third-order valence-electron chi connectivity index (χ3n) is 4.48. The Morgan fingerprint density at radius 2 is 2.12 bits per heavy atom. The van der Waals surface area contributed by atoms with Gasteiger partial charge in [0.25, 0.3) is 0 Å². The summed E-state index contributed by atoms with van der Waals surface area (Å²) in [5, 5.41) is 16.6. The van der Waals surface area contributed by atoms with Gasteiger partial charge in [0.1, 0.15) is 11.8 Å². The van der Waals surface area contributed by atoms with E-state index in [1.54, 1.807) is 18.2 Å². The minimum absolute atomic E-state index is 0.266. The minimum Gasteiger partial charge on any atom is -0.492 e. The third-order valence-corrected chi connectivity index (χ3v) is 4.97. The second-order valence-corrected chi connectivity index (χ2v) is 8.16. The summed E-state index contributed by atoms with van der Waals surface area (Å²) in [5.74, 6) is 0.248. The fraction of sp³-hybridized carbons (Fsp3) is 0.208. The highest BCUT2D eigenvalue weighted by molar-refractivity contribution is 9.10. The molecule has 0 fully saturated rings. The van der Waals surface area contributed by atoms with Gasteiger partial charge in [-0.15, -0.1) is 0 Å². The van der Waals surface area contributed by atoms with Crippen molar-refractivity contribution in [1.29, 1.82) is 5.26 Å².